The summed E-state index contributed by atoms with van der Waals surface area (Å²) in [4.78, 5) is 25.4. The van der Waals surface area contributed by atoms with Crippen molar-refractivity contribution < 1.29 is 4.79 Å². The zero-order valence-electron chi connectivity index (χ0n) is 14.2. The van der Waals surface area contributed by atoms with Crippen molar-refractivity contribution in [1.29, 1.82) is 0 Å². The first-order valence-corrected chi connectivity index (χ1v) is 8.16. The van der Waals surface area contributed by atoms with Gasteiger partial charge < -0.3 is 9.88 Å². The summed E-state index contributed by atoms with van der Waals surface area (Å²) in [5.74, 6) is -0.115. The minimum atomic E-state index is -0.115. The molecule has 0 radical (unpaired) electrons. The van der Waals surface area contributed by atoms with Gasteiger partial charge in [0.1, 0.15) is 6.54 Å². The van der Waals surface area contributed by atoms with Gasteiger partial charge in [-0.1, -0.05) is 12.1 Å². The number of para-hydroxylation sites is 2. The van der Waals surface area contributed by atoms with E-state index in [0.29, 0.717) is 17.9 Å². The fourth-order valence-electron chi connectivity index (χ4n) is 2.81. The Balaban J connectivity index is 1.47. The van der Waals surface area contributed by atoms with E-state index in [9.17, 15) is 4.79 Å². The number of hydrogen-bond donors (Lipinski definition) is 1. The van der Waals surface area contributed by atoms with Crippen molar-refractivity contribution in [3.8, 4) is 11.3 Å². The normalized spacial score (nSPS) is 11.0. The maximum absolute atomic E-state index is 12.4. The van der Waals surface area contributed by atoms with Gasteiger partial charge in [0, 0.05) is 31.2 Å². The zero-order valence-corrected chi connectivity index (χ0v) is 14.2. The predicted molar refractivity (Wildman–Crippen MR) is 95.8 cm³/mol. The van der Waals surface area contributed by atoms with Crippen LogP contribution in [0.3, 0.4) is 0 Å². The third-order valence-corrected chi connectivity index (χ3v) is 4.05. The molecule has 0 saturated heterocycles. The Bertz CT molecular complexity index is 1070. The van der Waals surface area contributed by atoms with E-state index in [4.69, 9.17) is 0 Å². The molecule has 0 unspecified atom stereocenters. The van der Waals surface area contributed by atoms with Gasteiger partial charge in [-0.3, -0.25) is 19.4 Å². The Hall–Kier alpha value is -3.55. The average Bonchev–Trinajstić information content (AvgIpc) is 3.27. The molecular weight excluding hydrogens is 330 g/mol. The smallest absolute Gasteiger partial charge is 0.240 e. The summed E-state index contributed by atoms with van der Waals surface area (Å²) in [6.45, 7) is 0.493. The highest BCUT2D eigenvalue weighted by Crippen LogP contribution is 2.18. The van der Waals surface area contributed by atoms with Crippen LogP contribution in [0.25, 0.3) is 22.3 Å². The fourth-order valence-corrected chi connectivity index (χ4v) is 2.81. The number of aryl methyl sites for hydroxylation is 1. The summed E-state index contributed by atoms with van der Waals surface area (Å²) >= 11 is 0. The fraction of sp³-hybridized carbons (Fsp3) is 0.167. The first kappa shape index (κ1) is 15.9. The molecule has 8 heteroatoms. The second kappa shape index (κ2) is 6.75. The largest absolute Gasteiger partial charge is 0.349 e. The molecule has 26 heavy (non-hydrogen) atoms. The van der Waals surface area contributed by atoms with Crippen LogP contribution in [0.4, 0.5) is 0 Å². The number of carbonyl (C=O) groups is 1. The standard InChI is InChI=1S/C18H17N7O/c1-24-10-13(8-23-24)18-15(19-6-7-20-18)9-21-17(26)11-25-12-22-14-4-2-3-5-16(14)25/h2-8,10,12H,9,11H2,1H3,(H,21,26). The van der Waals surface area contributed by atoms with Crippen LogP contribution in [-0.4, -0.2) is 35.2 Å². The highest BCUT2D eigenvalue weighted by atomic mass is 16.1. The topological polar surface area (TPSA) is 90.5 Å². The molecule has 1 aromatic carbocycles. The summed E-state index contributed by atoms with van der Waals surface area (Å²) < 4.78 is 3.53. The van der Waals surface area contributed by atoms with Gasteiger partial charge >= 0.3 is 0 Å². The second-order valence-corrected chi connectivity index (χ2v) is 5.89. The maximum Gasteiger partial charge on any atom is 0.240 e. The molecule has 3 heterocycles. The molecule has 0 spiro atoms. The molecule has 0 bridgehead atoms. The summed E-state index contributed by atoms with van der Waals surface area (Å²) in [6, 6.07) is 7.72. The molecule has 0 aliphatic carbocycles. The molecule has 4 rings (SSSR count). The number of carbonyl (C=O) groups excluding carboxylic acids is 1. The molecule has 0 atom stereocenters. The predicted octanol–water partition coefficient (Wildman–Crippen LogP) is 1.54. The number of nitrogens with one attached hydrogen (secondary N) is 1. The van der Waals surface area contributed by atoms with E-state index in [1.165, 1.54) is 0 Å². The molecule has 0 aliphatic rings. The SMILES string of the molecule is Cn1cc(-c2nccnc2CNC(=O)Cn2cnc3ccccc32)cn1. The number of fused-ring (bicyclic) bond motifs is 1. The van der Waals surface area contributed by atoms with Crippen molar-refractivity contribution in [2.75, 3.05) is 0 Å². The molecule has 1 N–H and O–H groups in total. The van der Waals surface area contributed by atoms with E-state index in [-0.39, 0.29) is 12.5 Å². The molecule has 0 saturated carbocycles. The van der Waals surface area contributed by atoms with Crippen LogP contribution in [-0.2, 0) is 24.9 Å². The zero-order chi connectivity index (χ0) is 17.9. The van der Waals surface area contributed by atoms with E-state index >= 15 is 0 Å². The van der Waals surface area contributed by atoms with Gasteiger partial charge in [0.2, 0.25) is 5.91 Å². The van der Waals surface area contributed by atoms with Gasteiger partial charge in [-0.25, -0.2) is 4.98 Å². The molecule has 3 aromatic heterocycles. The Kier molecular flexibility index (Phi) is 4.14. The lowest BCUT2D eigenvalue weighted by atomic mass is 10.2. The highest BCUT2D eigenvalue weighted by Gasteiger charge is 2.12. The first-order chi connectivity index (χ1) is 12.7. The van der Waals surface area contributed by atoms with E-state index in [1.807, 2.05) is 42.1 Å². The summed E-state index contributed by atoms with van der Waals surface area (Å²) in [6.07, 6.45) is 8.52. The van der Waals surface area contributed by atoms with Gasteiger partial charge in [0.25, 0.3) is 0 Å². The second-order valence-electron chi connectivity index (χ2n) is 5.89. The number of rotatable bonds is 5. The third kappa shape index (κ3) is 3.16. The maximum atomic E-state index is 12.4. The van der Waals surface area contributed by atoms with E-state index in [2.05, 4.69) is 25.4 Å². The number of hydrogen-bond acceptors (Lipinski definition) is 5. The van der Waals surface area contributed by atoms with Gasteiger partial charge in [-0.15, -0.1) is 0 Å². The Labute approximate surface area is 149 Å². The monoisotopic (exact) mass is 347 g/mol. The van der Waals surface area contributed by atoms with E-state index in [1.54, 1.807) is 29.6 Å². The van der Waals surface area contributed by atoms with Gasteiger partial charge in [-0.05, 0) is 12.1 Å². The van der Waals surface area contributed by atoms with Gasteiger partial charge in [-0.2, -0.15) is 5.10 Å². The van der Waals surface area contributed by atoms with Crippen molar-refractivity contribution in [2.24, 2.45) is 7.05 Å². The summed E-state index contributed by atoms with van der Waals surface area (Å²) in [5, 5.41) is 7.06. The first-order valence-electron chi connectivity index (χ1n) is 8.16. The number of imidazole rings is 1. The number of benzene rings is 1. The molecular formula is C18H17N7O. The van der Waals surface area contributed by atoms with Crippen molar-refractivity contribution in [1.82, 2.24) is 34.6 Å². The summed E-state index contributed by atoms with van der Waals surface area (Å²) in [5.41, 5.74) is 4.08. The summed E-state index contributed by atoms with van der Waals surface area (Å²) in [7, 11) is 1.84. The van der Waals surface area contributed by atoms with Crippen LogP contribution in [0.2, 0.25) is 0 Å². The lowest BCUT2D eigenvalue weighted by Gasteiger charge is -2.08. The van der Waals surface area contributed by atoms with Crippen LogP contribution < -0.4 is 5.32 Å². The van der Waals surface area contributed by atoms with Crippen LogP contribution in [0, 0.1) is 0 Å². The average molecular weight is 347 g/mol. The van der Waals surface area contributed by atoms with Gasteiger partial charge in [0.05, 0.1) is 41.5 Å². The number of nitrogens with zero attached hydrogens (tertiary/aromatic N) is 6. The van der Waals surface area contributed by atoms with Crippen molar-refractivity contribution in [3.05, 3.63) is 61.1 Å². The minimum absolute atomic E-state index is 0.115. The Morgan fingerprint density at radius 2 is 2.00 bits per heavy atom. The highest BCUT2D eigenvalue weighted by molar-refractivity contribution is 5.80. The molecule has 0 aliphatic heterocycles. The number of amides is 1. The van der Waals surface area contributed by atoms with Crippen LogP contribution in [0.1, 0.15) is 5.69 Å². The molecule has 8 nitrogen and oxygen atoms in total. The van der Waals surface area contributed by atoms with Crippen LogP contribution in [0.15, 0.2) is 55.4 Å². The minimum Gasteiger partial charge on any atom is -0.349 e. The lowest BCUT2D eigenvalue weighted by molar-refractivity contribution is -0.121. The van der Waals surface area contributed by atoms with E-state index < -0.39 is 0 Å². The lowest BCUT2D eigenvalue weighted by Crippen LogP contribution is -2.27. The molecule has 1 amide bonds. The molecule has 0 fully saturated rings. The Morgan fingerprint density at radius 3 is 2.85 bits per heavy atom. The van der Waals surface area contributed by atoms with Crippen molar-refractivity contribution >= 4 is 16.9 Å². The third-order valence-electron chi connectivity index (χ3n) is 4.05. The quantitative estimate of drug-likeness (QED) is 0.591. The van der Waals surface area contributed by atoms with Gasteiger partial charge in [0.15, 0.2) is 0 Å². The Morgan fingerprint density at radius 1 is 1.15 bits per heavy atom. The van der Waals surface area contributed by atoms with Crippen LogP contribution >= 0.6 is 0 Å². The van der Waals surface area contributed by atoms with E-state index in [0.717, 1.165) is 16.6 Å². The molecule has 4 aromatic rings. The molecule has 130 valence electrons. The van der Waals surface area contributed by atoms with Crippen molar-refractivity contribution in [2.45, 2.75) is 13.1 Å². The number of aromatic nitrogens is 6. The van der Waals surface area contributed by atoms with Crippen LogP contribution in [0.5, 0.6) is 0 Å². The van der Waals surface area contributed by atoms with Crippen molar-refractivity contribution in [3.63, 3.8) is 0 Å².